The summed E-state index contributed by atoms with van der Waals surface area (Å²) in [5, 5.41) is 6.97. The van der Waals surface area contributed by atoms with Crippen LogP contribution < -0.4 is 15.0 Å². The van der Waals surface area contributed by atoms with E-state index in [1.165, 1.54) is 6.33 Å². The molecule has 23 heavy (non-hydrogen) atoms. The lowest BCUT2D eigenvalue weighted by molar-refractivity contribution is -0.117. The van der Waals surface area contributed by atoms with Gasteiger partial charge in [-0.3, -0.25) is 10.1 Å². The number of aromatic nitrogens is 3. The van der Waals surface area contributed by atoms with Crippen LogP contribution in [-0.4, -0.2) is 40.9 Å². The average Bonchev–Trinajstić information content (AvgIpc) is 3.03. The minimum Gasteiger partial charge on any atom is -0.496 e. The first-order valence-corrected chi connectivity index (χ1v) is 7.80. The lowest BCUT2D eigenvalue weighted by Gasteiger charge is -2.27. The van der Waals surface area contributed by atoms with Crippen LogP contribution in [0.25, 0.3) is 0 Å². The summed E-state index contributed by atoms with van der Waals surface area (Å²) in [6.45, 7) is 6.10. The van der Waals surface area contributed by atoms with Crippen molar-refractivity contribution in [3.8, 4) is 5.75 Å². The number of carbonyl (C=O) groups is 1. The van der Waals surface area contributed by atoms with Crippen LogP contribution in [0.4, 0.5) is 11.6 Å². The van der Waals surface area contributed by atoms with Crippen molar-refractivity contribution in [2.24, 2.45) is 0 Å². The van der Waals surface area contributed by atoms with Crippen LogP contribution >= 0.6 is 0 Å². The molecular formula is C16H21N5O2. The molecule has 0 saturated heterocycles. The van der Waals surface area contributed by atoms with Gasteiger partial charge in [0, 0.05) is 30.4 Å². The standard InChI is InChI=1S/C16H21N5O2/c1-4-20(5-2)11-6-7-12(14(8-11)23-3)13-9-15(22)19-16-17-10-18-21(13)16/h6-8,10,13H,4-5,9H2,1-3H3,(H,17,18,19,22)/t13-/m0/s1. The molecule has 0 bridgehead atoms. The van der Waals surface area contributed by atoms with E-state index in [9.17, 15) is 4.79 Å². The van der Waals surface area contributed by atoms with Crippen LogP contribution in [0.1, 0.15) is 31.9 Å². The Morgan fingerprint density at radius 1 is 1.39 bits per heavy atom. The first-order chi connectivity index (χ1) is 11.2. The Labute approximate surface area is 135 Å². The van der Waals surface area contributed by atoms with Crippen LogP contribution in [0, 0.1) is 0 Å². The van der Waals surface area contributed by atoms with Crippen LogP contribution in [0.2, 0.25) is 0 Å². The van der Waals surface area contributed by atoms with Crippen molar-refractivity contribution >= 4 is 17.5 Å². The summed E-state index contributed by atoms with van der Waals surface area (Å²) >= 11 is 0. The molecule has 0 aliphatic carbocycles. The van der Waals surface area contributed by atoms with Gasteiger partial charge >= 0.3 is 0 Å². The van der Waals surface area contributed by atoms with Crippen molar-refractivity contribution in [2.75, 3.05) is 30.4 Å². The molecule has 7 heteroatoms. The van der Waals surface area contributed by atoms with E-state index in [0.29, 0.717) is 12.4 Å². The van der Waals surface area contributed by atoms with Crippen LogP contribution in [0.5, 0.6) is 5.75 Å². The number of ether oxygens (including phenoxy) is 1. The number of hydrogen-bond donors (Lipinski definition) is 1. The van der Waals surface area contributed by atoms with Gasteiger partial charge in [-0.1, -0.05) is 6.07 Å². The molecule has 2 heterocycles. The van der Waals surface area contributed by atoms with Crippen LogP contribution in [0.15, 0.2) is 24.5 Å². The summed E-state index contributed by atoms with van der Waals surface area (Å²) < 4.78 is 7.32. The van der Waals surface area contributed by atoms with Crippen molar-refractivity contribution in [3.05, 3.63) is 30.1 Å². The Bertz CT molecular complexity index is 708. The van der Waals surface area contributed by atoms with E-state index in [2.05, 4.69) is 40.2 Å². The number of rotatable bonds is 5. The molecule has 0 radical (unpaired) electrons. The molecule has 0 unspecified atom stereocenters. The largest absolute Gasteiger partial charge is 0.496 e. The Morgan fingerprint density at radius 3 is 2.87 bits per heavy atom. The quantitative estimate of drug-likeness (QED) is 0.914. The number of anilines is 2. The second kappa shape index (κ2) is 6.28. The molecule has 122 valence electrons. The maximum Gasteiger partial charge on any atom is 0.229 e. The van der Waals surface area contributed by atoms with E-state index < -0.39 is 0 Å². The number of benzene rings is 1. The van der Waals surface area contributed by atoms with Crippen molar-refractivity contribution in [1.29, 1.82) is 0 Å². The molecule has 1 N–H and O–H groups in total. The zero-order chi connectivity index (χ0) is 16.4. The highest BCUT2D eigenvalue weighted by Crippen LogP contribution is 2.36. The van der Waals surface area contributed by atoms with Gasteiger partial charge in [0.25, 0.3) is 0 Å². The number of nitrogens with one attached hydrogen (secondary N) is 1. The molecule has 3 rings (SSSR count). The number of carbonyl (C=O) groups excluding carboxylic acids is 1. The van der Waals surface area contributed by atoms with E-state index in [4.69, 9.17) is 4.74 Å². The number of amides is 1. The van der Waals surface area contributed by atoms with Gasteiger partial charge in [0.15, 0.2) is 0 Å². The third kappa shape index (κ3) is 2.74. The van der Waals surface area contributed by atoms with Crippen LogP contribution in [0.3, 0.4) is 0 Å². The van der Waals surface area contributed by atoms with Gasteiger partial charge in [0.2, 0.25) is 11.9 Å². The molecule has 1 amide bonds. The Morgan fingerprint density at radius 2 is 2.17 bits per heavy atom. The third-order valence-corrected chi connectivity index (χ3v) is 4.20. The van der Waals surface area contributed by atoms with Gasteiger partial charge in [-0.25, -0.2) is 4.68 Å². The van der Waals surface area contributed by atoms with Gasteiger partial charge in [0.1, 0.15) is 12.1 Å². The van der Waals surface area contributed by atoms with Gasteiger partial charge in [-0.05, 0) is 19.9 Å². The second-order valence-electron chi connectivity index (χ2n) is 5.39. The first kappa shape index (κ1) is 15.3. The molecule has 0 fully saturated rings. The lowest BCUT2D eigenvalue weighted by atomic mass is 10.0. The number of methoxy groups -OCH3 is 1. The third-order valence-electron chi connectivity index (χ3n) is 4.20. The highest BCUT2D eigenvalue weighted by Gasteiger charge is 2.29. The van der Waals surface area contributed by atoms with Crippen molar-refractivity contribution in [3.63, 3.8) is 0 Å². The van der Waals surface area contributed by atoms with E-state index >= 15 is 0 Å². The lowest BCUT2D eigenvalue weighted by Crippen LogP contribution is -2.29. The molecule has 7 nitrogen and oxygen atoms in total. The number of hydrogen-bond acceptors (Lipinski definition) is 5. The maximum absolute atomic E-state index is 11.9. The zero-order valence-electron chi connectivity index (χ0n) is 13.6. The van der Waals surface area contributed by atoms with Gasteiger partial charge < -0.3 is 9.64 Å². The average molecular weight is 315 g/mol. The van der Waals surface area contributed by atoms with Crippen LogP contribution in [-0.2, 0) is 4.79 Å². The molecule has 1 aromatic heterocycles. The van der Waals surface area contributed by atoms with Crippen molar-refractivity contribution < 1.29 is 9.53 Å². The molecule has 1 aliphatic heterocycles. The smallest absolute Gasteiger partial charge is 0.229 e. The number of fused-ring (bicyclic) bond motifs is 1. The highest BCUT2D eigenvalue weighted by molar-refractivity contribution is 5.91. The predicted molar refractivity (Wildman–Crippen MR) is 88.0 cm³/mol. The molecule has 2 aromatic rings. The minimum atomic E-state index is -0.207. The van der Waals surface area contributed by atoms with Crippen molar-refractivity contribution in [1.82, 2.24) is 14.8 Å². The summed E-state index contributed by atoms with van der Waals surface area (Å²) in [6.07, 6.45) is 1.77. The van der Waals surface area contributed by atoms with Gasteiger partial charge in [-0.15, -0.1) is 0 Å². The normalized spacial score (nSPS) is 16.7. The summed E-state index contributed by atoms with van der Waals surface area (Å²) in [4.78, 5) is 18.3. The summed E-state index contributed by atoms with van der Waals surface area (Å²) in [7, 11) is 1.65. The Kier molecular flexibility index (Phi) is 4.18. The predicted octanol–water partition coefficient (Wildman–Crippen LogP) is 2.06. The monoisotopic (exact) mass is 315 g/mol. The molecule has 1 aliphatic rings. The molecule has 0 saturated carbocycles. The fourth-order valence-corrected chi connectivity index (χ4v) is 3.01. The second-order valence-corrected chi connectivity index (χ2v) is 5.39. The summed E-state index contributed by atoms with van der Waals surface area (Å²) in [5.41, 5.74) is 2.04. The fourth-order valence-electron chi connectivity index (χ4n) is 3.01. The van der Waals surface area contributed by atoms with E-state index in [0.717, 1.165) is 30.1 Å². The minimum absolute atomic E-state index is 0.0645. The fraction of sp³-hybridized carbons (Fsp3) is 0.438. The van der Waals surface area contributed by atoms with E-state index in [-0.39, 0.29) is 11.9 Å². The van der Waals surface area contributed by atoms with Gasteiger partial charge in [0.05, 0.1) is 19.6 Å². The molecule has 1 atom stereocenters. The van der Waals surface area contributed by atoms with E-state index in [1.54, 1.807) is 11.8 Å². The topological polar surface area (TPSA) is 72.3 Å². The Balaban J connectivity index is 2.02. The maximum atomic E-state index is 11.9. The zero-order valence-corrected chi connectivity index (χ0v) is 13.6. The molecular weight excluding hydrogens is 294 g/mol. The summed E-state index contributed by atoms with van der Waals surface area (Å²) in [5.74, 6) is 1.17. The SMILES string of the molecule is CCN(CC)c1ccc([C@@H]2CC(=O)Nc3ncnn32)c(OC)c1. The van der Waals surface area contributed by atoms with Gasteiger partial charge in [-0.2, -0.15) is 10.1 Å². The molecule has 1 aromatic carbocycles. The highest BCUT2D eigenvalue weighted by atomic mass is 16.5. The summed E-state index contributed by atoms with van der Waals surface area (Å²) in [6, 6.07) is 5.89. The van der Waals surface area contributed by atoms with E-state index in [1.807, 2.05) is 12.1 Å². The Hall–Kier alpha value is -2.57. The van der Waals surface area contributed by atoms with Crippen molar-refractivity contribution in [2.45, 2.75) is 26.3 Å². The number of nitrogens with zero attached hydrogens (tertiary/aromatic N) is 4. The molecule has 0 spiro atoms. The first-order valence-electron chi connectivity index (χ1n) is 7.80.